The smallest absolute Gasteiger partial charge is 0.353 e. The minimum absolute atomic E-state index is 0.125. The number of likely N-dealkylation sites (tertiary alicyclic amines) is 1. The van der Waals surface area contributed by atoms with Crippen LogP contribution >= 0.6 is 11.8 Å². The largest absolute Gasteiger partial charge is 0.416 e. The topological polar surface area (TPSA) is 52.7 Å². The van der Waals surface area contributed by atoms with Gasteiger partial charge in [-0.15, -0.1) is 0 Å². The first-order valence-corrected chi connectivity index (χ1v) is 12.1. The summed E-state index contributed by atoms with van der Waals surface area (Å²) in [5.74, 6) is -0.596. The van der Waals surface area contributed by atoms with Gasteiger partial charge in [0, 0.05) is 17.5 Å². The lowest BCUT2D eigenvalue weighted by molar-refractivity contribution is -0.137. The van der Waals surface area contributed by atoms with Gasteiger partial charge in [-0.3, -0.25) is 19.4 Å². The third-order valence-corrected chi connectivity index (χ3v) is 7.19. The van der Waals surface area contributed by atoms with Crippen LogP contribution in [0.15, 0.2) is 58.3 Å². The van der Waals surface area contributed by atoms with E-state index in [0.29, 0.717) is 28.7 Å². The molecule has 2 heterocycles. The number of para-hydroxylation sites is 1. The number of carbonyl (C=O) groups is 2. The van der Waals surface area contributed by atoms with Gasteiger partial charge in [-0.05, 0) is 61.8 Å². The van der Waals surface area contributed by atoms with E-state index in [2.05, 4.69) is 17.1 Å². The maximum Gasteiger partial charge on any atom is 0.416 e. The molecule has 0 saturated carbocycles. The van der Waals surface area contributed by atoms with Crippen molar-refractivity contribution in [3.63, 3.8) is 0 Å². The number of nitrogens with one attached hydrogen (secondary N) is 1. The first-order valence-electron chi connectivity index (χ1n) is 11.2. The highest BCUT2D eigenvalue weighted by atomic mass is 32.2. The number of likely N-dealkylation sites (N-methyl/N-ethyl adjacent to an activating group) is 1. The van der Waals surface area contributed by atoms with Gasteiger partial charge in [-0.25, -0.2) is 0 Å². The van der Waals surface area contributed by atoms with Crippen LogP contribution in [0.5, 0.6) is 0 Å². The maximum absolute atomic E-state index is 13.3. The minimum atomic E-state index is -4.42. The highest BCUT2D eigenvalue weighted by Gasteiger charge is 2.32. The van der Waals surface area contributed by atoms with Crippen LogP contribution in [0.25, 0.3) is 6.08 Å². The molecule has 2 aliphatic heterocycles. The summed E-state index contributed by atoms with van der Waals surface area (Å²) in [6.07, 6.45) is -0.708. The lowest BCUT2D eigenvalue weighted by atomic mass is 10.1. The molecule has 1 atom stereocenters. The molecule has 34 heavy (non-hydrogen) atoms. The molecule has 1 N–H and O–H groups in total. The quantitative estimate of drug-likeness (QED) is 0.593. The number of amides is 2. The van der Waals surface area contributed by atoms with Crippen LogP contribution in [0.4, 0.5) is 18.9 Å². The molecule has 5 nitrogen and oxygen atoms in total. The van der Waals surface area contributed by atoms with Crippen LogP contribution < -0.4 is 10.2 Å². The molecule has 2 aromatic carbocycles. The van der Waals surface area contributed by atoms with Crippen molar-refractivity contribution in [2.24, 2.45) is 0 Å². The molecule has 4 rings (SSSR count). The number of fused-ring (bicyclic) bond motifs is 1. The Morgan fingerprint density at radius 3 is 2.62 bits per heavy atom. The fraction of sp³-hybridized carbons (Fsp3) is 0.360. The number of nitrogens with zero attached hydrogens (tertiary/aromatic N) is 2. The monoisotopic (exact) mass is 489 g/mol. The zero-order chi connectivity index (χ0) is 24.3. The number of alkyl halides is 3. The summed E-state index contributed by atoms with van der Waals surface area (Å²) in [5, 5.41) is 2.97. The zero-order valence-electron chi connectivity index (χ0n) is 18.8. The molecule has 0 aliphatic carbocycles. The summed E-state index contributed by atoms with van der Waals surface area (Å²) < 4.78 is 38.6. The lowest BCUT2D eigenvalue weighted by Crippen LogP contribution is -2.46. The van der Waals surface area contributed by atoms with Crippen LogP contribution in [-0.4, -0.2) is 48.9 Å². The van der Waals surface area contributed by atoms with E-state index in [9.17, 15) is 22.8 Å². The van der Waals surface area contributed by atoms with Gasteiger partial charge in [0.2, 0.25) is 5.91 Å². The fourth-order valence-electron chi connectivity index (χ4n) is 4.31. The number of anilines is 1. The fourth-order valence-corrected chi connectivity index (χ4v) is 5.37. The van der Waals surface area contributed by atoms with Gasteiger partial charge in [-0.1, -0.05) is 43.0 Å². The number of rotatable bonds is 6. The number of halogens is 3. The van der Waals surface area contributed by atoms with Crippen LogP contribution in [0.2, 0.25) is 0 Å². The second-order valence-electron chi connectivity index (χ2n) is 8.32. The van der Waals surface area contributed by atoms with Crippen molar-refractivity contribution < 1.29 is 22.8 Å². The number of hydrogen-bond donors (Lipinski definition) is 1. The number of hydrogen-bond acceptors (Lipinski definition) is 4. The Hall–Kier alpha value is -2.78. The van der Waals surface area contributed by atoms with Gasteiger partial charge in [-0.2, -0.15) is 13.2 Å². The summed E-state index contributed by atoms with van der Waals surface area (Å²) in [5.41, 5.74) is 0.381. The van der Waals surface area contributed by atoms with Crippen LogP contribution in [0.3, 0.4) is 0 Å². The van der Waals surface area contributed by atoms with Crippen molar-refractivity contribution in [1.29, 1.82) is 0 Å². The standard InChI is InChI=1S/C25H26F3N3O2S/c1-2-30-13-5-6-19(30)15-29-23(32)16-31-20-7-3-4-8-21(20)34-22(24(31)33)14-17-9-11-18(12-10-17)25(26,27)28/h3-4,7-12,14,19H,2,5-6,13,15-16H2,1H3,(H,29,32)/b22-14+/t19-/m0/s1. The van der Waals surface area contributed by atoms with Crippen molar-refractivity contribution >= 4 is 35.3 Å². The number of thioether (sulfide) groups is 1. The summed E-state index contributed by atoms with van der Waals surface area (Å²) >= 11 is 1.25. The third kappa shape index (κ3) is 5.47. The highest BCUT2D eigenvalue weighted by molar-refractivity contribution is 8.04. The first kappa shape index (κ1) is 24.3. The van der Waals surface area contributed by atoms with Gasteiger partial charge in [0.25, 0.3) is 5.91 Å². The maximum atomic E-state index is 13.3. The average Bonchev–Trinajstić information content (AvgIpc) is 3.28. The van der Waals surface area contributed by atoms with E-state index in [-0.39, 0.29) is 18.4 Å². The van der Waals surface area contributed by atoms with Gasteiger partial charge in [0.05, 0.1) is 16.2 Å². The Morgan fingerprint density at radius 1 is 1.18 bits per heavy atom. The van der Waals surface area contributed by atoms with E-state index in [4.69, 9.17) is 0 Å². The predicted octanol–water partition coefficient (Wildman–Crippen LogP) is 4.79. The molecule has 2 aliphatic rings. The van der Waals surface area contributed by atoms with Crippen molar-refractivity contribution in [1.82, 2.24) is 10.2 Å². The Kier molecular flexibility index (Phi) is 7.33. The Labute approximate surface area is 201 Å². The number of carbonyl (C=O) groups excluding carboxylic acids is 2. The zero-order valence-corrected chi connectivity index (χ0v) is 19.6. The van der Waals surface area contributed by atoms with E-state index in [1.165, 1.54) is 28.8 Å². The number of benzene rings is 2. The molecule has 2 aromatic rings. The molecule has 0 unspecified atom stereocenters. The lowest BCUT2D eigenvalue weighted by Gasteiger charge is -2.30. The van der Waals surface area contributed by atoms with Crippen molar-refractivity contribution in [3.05, 3.63) is 64.6 Å². The van der Waals surface area contributed by atoms with Crippen molar-refractivity contribution in [2.75, 3.05) is 31.1 Å². The summed E-state index contributed by atoms with van der Waals surface area (Å²) in [6.45, 7) is 4.49. The molecule has 0 spiro atoms. The van der Waals surface area contributed by atoms with Crippen LogP contribution in [-0.2, 0) is 15.8 Å². The van der Waals surface area contributed by atoms with Gasteiger partial charge < -0.3 is 5.32 Å². The molecule has 1 fully saturated rings. The third-order valence-electron chi connectivity index (χ3n) is 6.11. The second-order valence-corrected chi connectivity index (χ2v) is 9.40. The van der Waals surface area contributed by atoms with Gasteiger partial charge in [0.15, 0.2) is 0 Å². The summed E-state index contributed by atoms with van der Waals surface area (Å²) in [4.78, 5) is 31.0. The molecule has 9 heteroatoms. The van der Waals surface area contributed by atoms with Gasteiger partial charge >= 0.3 is 6.18 Å². The summed E-state index contributed by atoms with van der Waals surface area (Å²) in [7, 11) is 0. The molecule has 1 saturated heterocycles. The van der Waals surface area contributed by atoms with Crippen molar-refractivity contribution in [2.45, 2.75) is 36.9 Å². The highest BCUT2D eigenvalue weighted by Crippen LogP contribution is 2.42. The molecular weight excluding hydrogens is 463 g/mol. The van der Waals surface area contributed by atoms with Gasteiger partial charge in [0.1, 0.15) is 6.54 Å². The first-order chi connectivity index (χ1) is 16.3. The van der Waals surface area contributed by atoms with E-state index < -0.39 is 11.7 Å². The van der Waals surface area contributed by atoms with E-state index in [0.717, 1.165) is 43.0 Å². The Bertz CT molecular complexity index is 1090. The van der Waals surface area contributed by atoms with E-state index in [1.54, 1.807) is 18.2 Å². The van der Waals surface area contributed by atoms with Crippen LogP contribution in [0.1, 0.15) is 30.9 Å². The molecule has 0 radical (unpaired) electrons. The molecule has 180 valence electrons. The minimum Gasteiger partial charge on any atom is -0.353 e. The summed E-state index contributed by atoms with van der Waals surface area (Å²) in [6, 6.07) is 12.3. The SMILES string of the molecule is CCN1CCC[C@H]1CNC(=O)CN1C(=O)/C(=C\c2ccc(C(F)(F)F)cc2)Sc2ccccc21. The van der Waals surface area contributed by atoms with Crippen molar-refractivity contribution in [3.8, 4) is 0 Å². The van der Waals surface area contributed by atoms with E-state index in [1.807, 2.05) is 12.1 Å². The van der Waals surface area contributed by atoms with Crippen LogP contribution in [0, 0.1) is 0 Å². The predicted molar refractivity (Wildman–Crippen MR) is 127 cm³/mol. The Morgan fingerprint density at radius 2 is 1.91 bits per heavy atom. The average molecular weight is 490 g/mol. The molecule has 0 aromatic heterocycles. The molecule has 0 bridgehead atoms. The Balaban J connectivity index is 1.51. The second kappa shape index (κ2) is 10.2. The van der Waals surface area contributed by atoms with E-state index >= 15 is 0 Å². The molecular formula is C25H26F3N3O2S. The molecule has 2 amide bonds. The normalized spacial score (nSPS) is 20.0.